The lowest BCUT2D eigenvalue weighted by Crippen LogP contribution is -2.39. The normalized spacial score (nSPS) is 14.9. The van der Waals surface area contributed by atoms with Crippen LogP contribution in [0.25, 0.3) is 0 Å². The maximum absolute atomic E-state index is 12.0. The molecular formula is C16H33IN4O. The van der Waals surface area contributed by atoms with Gasteiger partial charge in [0.25, 0.3) is 0 Å². The lowest BCUT2D eigenvalue weighted by molar-refractivity contribution is -0.128. The van der Waals surface area contributed by atoms with Crippen molar-refractivity contribution in [3.63, 3.8) is 0 Å². The standard InChI is InChI=1S/C16H32N4O.HI/c1-4-17-16(18-10-6-5-9-14(2)3)19-13-15(21)20-11-7-8-12-20;/h14H,4-13H2,1-3H3,(H2,17,18,19);1H. The van der Waals surface area contributed by atoms with Gasteiger partial charge >= 0.3 is 0 Å². The van der Waals surface area contributed by atoms with Gasteiger partial charge in [0.2, 0.25) is 5.91 Å². The lowest BCUT2D eigenvalue weighted by Gasteiger charge is -2.15. The number of likely N-dealkylation sites (tertiary alicyclic amines) is 1. The minimum absolute atomic E-state index is 0. The van der Waals surface area contributed by atoms with Crippen LogP contribution in [0.1, 0.15) is 52.9 Å². The molecule has 0 aromatic heterocycles. The zero-order valence-corrected chi connectivity index (χ0v) is 16.7. The molecule has 0 bridgehead atoms. The van der Waals surface area contributed by atoms with Crippen LogP contribution in [0.4, 0.5) is 0 Å². The number of carbonyl (C=O) groups is 1. The fourth-order valence-electron chi connectivity index (χ4n) is 2.44. The first kappa shape index (κ1) is 21.5. The number of aliphatic imine (C=N–C) groups is 1. The third-order valence-electron chi connectivity index (χ3n) is 3.68. The van der Waals surface area contributed by atoms with E-state index in [0.717, 1.165) is 57.3 Å². The molecule has 6 heteroatoms. The van der Waals surface area contributed by atoms with E-state index in [-0.39, 0.29) is 36.4 Å². The highest BCUT2D eigenvalue weighted by Crippen LogP contribution is 2.07. The smallest absolute Gasteiger partial charge is 0.244 e. The zero-order chi connectivity index (χ0) is 15.5. The summed E-state index contributed by atoms with van der Waals surface area (Å²) in [5.41, 5.74) is 0. The third-order valence-corrected chi connectivity index (χ3v) is 3.68. The summed E-state index contributed by atoms with van der Waals surface area (Å²) in [7, 11) is 0. The Balaban J connectivity index is 0.00000441. The topological polar surface area (TPSA) is 56.7 Å². The van der Waals surface area contributed by atoms with Crippen molar-refractivity contribution < 1.29 is 4.79 Å². The number of amides is 1. The highest BCUT2D eigenvalue weighted by molar-refractivity contribution is 14.0. The van der Waals surface area contributed by atoms with Crippen LogP contribution in [-0.4, -0.2) is 49.5 Å². The van der Waals surface area contributed by atoms with Crippen LogP contribution in [0.15, 0.2) is 4.99 Å². The van der Waals surface area contributed by atoms with E-state index in [1.165, 1.54) is 12.8 Å². The Morgan fingerprint density at radius 1 is 1.18 bits per heavy atom. The molecule has 130 valence electrons. The van der Waals surface area contributed by atoms with Crippen molar-refractivity contribution in [1.82, 2.24) is 15.5 Å². The van der Waals surface area contributed by atoms with Gasteiger partial charge in [0.15, 0.2) is 5.96 Å². The van der Waals surface area contributed by atoms with Gasteiger partial charge in [0, 0.05) is 26.2 Å². The minimum atomic E-state index is 0. The Bertz CT molecular complexity index is 328. The van der Waals surface area contributed by atoms with Gasteiger partial charge < -0.3 is 15.5 Å². The first-order valence-corrected chi connectivity index (χ1v) is 8.43. The molecular weight excluding hydrogens is 391 g/mol. The summed E-state index contributed by atoms with van der Waals surface area (Å²) in [4.78, 5) is 18.3. The number of guanidine groups is 1. The summed E-state index contributed by atoms with van der Waals surface area (Å²) < 4.78 is 0. The van der Waals surface area contributed by atoms with Crippen molar-refractivity contribution in [2.45, 2.75) is 52.9 Å². The van der Waals surface area contributed by atoms with Gasteiger partial charge in [-0.05, 0) is 32.1 Å². The molecule has 0 radical (unpaired) electrons. The SMILES string of the molecule is CCNC(=NCC(=O)N1CCCC1)NCCCCC(C)C.I. The molecule has 1 heterocycles. The Morgan fingerprint density at radius 2 is 1.86 bits per heavy atom. The molecule has 1 saturated heterocycles. The van der Waals surface area contributed by atoms with Crippen molar-refractivity contribution in [2.75, 3.05) is 32.7 Å². The van der Waals surface area contributed by atoms with E-state index in [2.05, 4.69) is 29.5 Å². The Morgan fingerprint density at radius 3 is 2.45 bits per heavy atom. The molecule has 0 saturated carbocycles. The molecule has 0 spiro atoms. The quantitative estimate of drug-likeness (QED) is 0.273. The number of nitrogens with one attached hydrogen (secondary N) is 2. The first-order valence-electron chi connectivity index (χ1n) is 8.43. The molecule has 0 aliphatic carbocycles. The van der Waals surface area contributed by atoms with Crippen molar-refractivity contribution >= 4 is 35.8 Å². The molecule has 1 amide bonds. The Labute approximate surface area is 152 Å². The minimum Gasteiger partial charge on any atom is -0.357 e. The summed E-state index contributed by atoms with van der Waals surface area (Å²) in [5.74, 6) is 1.67. The van der Waals surface area contributed by atoms with E-state index in [1.54, 1.807) is 0 Å². The second-order valence-electron chi connectivity index (χ2n) is 6.10. The molecule has 5 nitrogen and oxygen atoms in total. The molecule has 0 aromatic rings. The van der Waals surface area contributed by atoms with Crippen LogP contribution in [0.3, 0.4) is 0 Å². The van der Waals surface area contributed by atoms with Gasteiger partial charge in [-0.25, -0.2) is 4.99 Å². The lowest BCUT2D eigenvalue weighted by atomic mass is 10.1. The van der Waals surface area contributed by atoms with Gasteiger partial charge in [0.05, 0.1) is 0 Å². The van der Waals surface area contributed by atoms with Crippen LogP contribution in [0, 0.1) is 5.92 Å². The number of hydrogen-bond donors (Lipinski definition) is 2. The van der Waals surface area contributed by atoms with Crippen LogP contribution in [0.5, 0.6) is 0 Å². The van der Waals surface area contributed by atoms with Crippen LogP contribution < -0.4 is 10.6 Å². The summed E-state index contributed by atoms with van der Waals surface area (Å²) in [6.45, 7) is 10.3. The number of halogens is 1. The monoisotopic (exact) mass is 424 g/mol. The van der Waals surface area contributed by atoms with E-state index in [1.807, 2.05) is 11.8 Å². The van der Waals surface area contributed by atoms with Crippen LogP contribution >= 0.6 is 24.0 Å². The van der Waals surface area contributed by atoms with E-state index >= 15 is 0 Å². The van der Waals surface area contributed by atoms with E-state index < -0.39 is 0 Å². The van der Waals surface area contributed by atoms with Crippen molar-refractivity contribution in [2.24, 2.45) is 10.9 Å². The molecule has 0 atom stereocenters. The van der Waals surface area contributed by atoms with Crippen molar-refractivity contribution in [1.29, 1.82) is 0 Å². The van der Waals surface area contributed by atoms with Crippen LogP contribution in [0.2, 0.25) is 0 Å². The molecule has 0 unspecified atom stereocenters. The average Bonchev–Trinajstić information content (AvgIpc) is 2.97. The molecule has 1 aliphatic rings. The number of nitrogens with zero attached hydrogens (tertiary/aromatic N) is 2. The van der Waals surface area contributed by atoms with Gasteiger partial charge in [-0.1, -0.05) is 26.7 Å². The van der Waals surface area contributed by atoms with Crippen molar-refractivity contribution in [3.8, 4) is 0 Å². The molecule has 2 N–H and O–H groups in total. The predicted molar refractivity (Wildman–Crippen MR) is 104 cm³/mol. The van der Waals surface area contributed by atoms with E-state index in [9.17, 15) is 4.79 Å². The second kappa shape index (κ2) is 13.0. The van der Waals surface area contributed by atoms with Crippen LogP contribution in [-0.2, 0) is 4.79 Å². The summed E-state index contributed by atoms with van der Waals surface area (Å²) in [6.07, 6.45) is 5.90. The van der Waals surface area contributed by atoms with Gasteiger partial charge in [-0.3, -0.25) is 4.79 Å². The Kier molecular flexibility index (Phi) is 12.6. The van der Waals surface area contributed by atoms with Gasteiger partial charge in [-0.15, -0.1) is 24.0 Å². The number of hydrogen-bond acceptors (Lipinski definition) is 2. The van der Waals surface area contributed by atoms with Crippen molar-refractivity contribution in [3.05, 3.63) is 0 Å². The molecule has 0 aromatic carbocycles. The molecule has 1 aliphatic heterocycles. The largest absolute Gasteiger partial charge is 0.357 e. The summed E-state index contributed by atoms with van der Waals surface area (Å²) >= 11 is 0. The predicted octanol–water partition coefficient (Wildman–Crippen LogP) is 2.61. The summed E-state index contributed by atoms with van der Waals surface area (Å²) in [5, 5.41) is 6.50. The summed E-state index contributed by atoms with van der Waals surface area (Å²) in [6, 6.07) is 0. The fraction of sp³-hybridized carbons (Fsp3) is 0.875. The van der Waals surface area contributed by atoms with Gasteiger partial charge in [-0.2, -0.15) is 0 Å². The van der Waals surface area contributed by atoms with Gasteiger partial charge in [0.1, 0.15) is 6.54 Å². The maximum Gasteiger partial charge on any atom is 0.244 e. The first-order chi connectivity index (χ1) is 10.1. The molecule has 1 rings (SSSR count). The molecule has 22 heavy (non-hydrogen) atoms. The number of unbranched alkanes of at least 4 members (excludes halogenated alkanes) is 1. The van der Waals surface area contributed by atoms with E-state index in [0.29, 0.717) is 0 Å². The zero-order valence-electron chi connectivity index (χ0n) is 14.4. The number of carbonyl (C=O) groups excluding carboxylic acids is 1. The second-order valence-corrected chi connectivity index (χ2v) is 6.10. The maximum atomic E-state index is 12.0. The van der Waals surface area contributed by atoms with E-state index in [4.69, 9.17) is 0 Å². The molecule has 1 fully saturated rings. The number of rotatable bonds is 8. The third kappa shape index (κ3) is 9.48. The Hall–Kier alpha value is -0.530. The average molecular weight is 424 g/mol. The highest BCUT2D eigenvalue weighted by atomic mass is 127. The fourth-order valence-corrected chi connectivity index (χ4v) is 2.44. The highest BCUT2D eigenvalue weighted by Gasteiger charge is 2.17.